The van der Waals surface area contributed by atoms with Crippen LogP contribution in [0.25, 0.3) is 0 Å². The van der Waals surface area contributed by atoms with Crippen molar-refractivity contribution in [2.24, 2.45) is 64.1 Å². The molecule has 0 bridgehead atoms. The van der Waals surface area contributed by atoms with Gasteiger partial charge in [-0.25, -0.2) is 0 Å². The van der Waals surface area contributed by atoms with Gasteiger partial charge in [-0.1, -0.05) is 98.6 Å². The van der Waals surface area contributed by atoms with Gasteiger partial charge in [0, 0.05) is 5.41 Å². The van der Waals surface area contributed by atoms with Crippen LogP contribution < -0.4 is 0 Å². The predicted octanol–water partition coefficient (Wildman–Crippen LogP) is 10.6. The van der Waals surface area contributed by atoms with Crippen LogP contribution in [0.4, 0.5) is 0 Å². The van der Waals surface area contributed by atoms with Gasteiger partial charge in [0.1, 0.15) is 0 Å². The maximum absolute atomic E-state index is 2.63. The van der Waals surface area contributed by atoms with Crippen molar-refractivity contribution in [3.05, 3.63) is 35.9 Å². The van der Waals surface area contributed by atoms with Gasteiger partial charge < -0.3 is 0 Å². The predicted molar refractivity (Wildman–Crippen MR) is 156 cm³/mol. The van der Waals surface area contributed by atoms with Gasteiger partial charge in [-0.3, -0.25) is 0 Å². The van der Waals surface area contributed by atoms with Crippen molar-refractivity contribution >= 4 is 0 Å². The van der Waals surface area contributed by atoms with Crippen LogP contribution in [0, 0.1) is 64.1 Å². The maximum Gasteiger partial charge on any atom is 0.00379 e. The summed E-state index contributed by atoms with van der Waals surface area (Å²) in [7, 11) is 0. The van der Waals surface area contributed by atoms with Crippen molar-refractivity contribution in [1.29, 1.82) is 0 Å². The summed E-state index contributed by atoms with van der Waals surface area (Å²) >= 11 is 0. The highest BCUT2D eigenvalue weighted by molar-refractivity contribution is 5.32. The summed E-state index contributed by atoms with van der Waals surface area (Å²) in [6.07, 6.45) is 14.8. The molecule has 6 unspecified atom stereocenters. The Bertz CT molecular complexity index is 822. The fourth-order valence-electron chi connectivity index (χ4n) is 11.0. The maximum atomic E-state index is 2.63. The Balaban J connectivity index is 1.67. The van der Waals surface area contributed by atoms with Crippen molar-refractivity contribution < 1.29 is 0 Å². The summed E-state index contributed by atoms with van der Waals surface area (Å²) < 4.78 is 0. The van der Waals surface area contributed by atoms with Crippen molar-refractivity contribution in [1.82, 2.24) is 0 Å². The minimum atomic E-state index is 0.347. The highest BCUT2D eigenvalue weighted by atomic mass is 14.7. The normalized spacial score (nSPS) is 37.5. The quantitative estimate of drug-likeness (QED) is 0.393. The molecule has 0 saturated heterocycles. The third-order valence-electron chi connectivity index (χ3n) is 12.6. The van der Waals surface area contributed by atoms with Crippen LogP contribution in [-0.4, -0.2) is 0 Å². The molecule has 0 amide bonds. The molecule has 36 heavy (non-hydrogen) atoms. The fraction of sp³-hybridized carbons (Fsp3) is 0.833. The summed E-state index contributed by atoms with van der Waals surface area (Å²) in [4.78, 5) is 0. The second-order valence-corrected chi connectivity index (χ2v) is 16.4. The van der Waals surface area contributed by atoms with Crippen LogP contribution in [-0.2, 0) is 5.41 Å². The summed E-state index contributed by atoms with van der Waals surface area (Å²) in [6, 6.07) is 12.1. The van der Waals surface area contributed by atoms with Crippen molar-refractivity contribution in [3.8, 4) is 0 Å². The molecule has 1 aromatic carbocycles. The second kappa shape index (κ2) is 9.75. The molecule has 5 rings (SSSR count). The van der Waals surface area contributed by atoms with Crippen LogP contribution in [0.15, 0.2) is 30.3 Å². The number of fused-ring (bicyclic) bond motifs is 3. The molecule has 0 spiro atoms. The molecular weight excluding hydrogens is 432 g/mol. The third-order valence-corrected chi connectivity index (χ3v) is 12.6. The van der Waals surface area contributed by atoms with E-state index in [2.05, 4.69) is 85.7 Å². The molecule has 0 nitrogen and oxygen atoms in total. The van der Waals surface area contributed by atoms with E-state index in [0.717, 1.165) is 47.3 Å². The van der Waals surface area contributed by atoms with E-state index >= 15 is 0 Å². The molecule has 4 saturated carbocycles. The van der Waals surface area contributed by atoms with E-state index in [4.69, 9.17) is 0 Å². The Morgan fingerprint density at radius 2 is 1.06 bits per heavy atom. The minimum Gasteiger partial charge on any atom is -0.0622 e. The average molecular weight is 491 g/mol. The molecule has 4 aliphatic rings. The fourth-order valence-corrected chi connectivity index (χ4v) is 11.0. The minimum absolute atomic E-state index is 0.347. The molecule has 1 aromatic rings. The number of hydrogen-bond acceptors (Lipinski definition) is 0. The lowest BCUT2D eigenvalue weighted by Crippen LogP contribution is -2.51. The van der Waals surface area contributed by atoms with Crippen LogP contribution in [0.2, 0.25) is 0 Å². The first-order valence-electron chi connectivity index (χ1n) is 16.0. The van der Waals surface area contributed by atoms with Gasteiger partial charge in [0.2, 0.25) is 0 Å². The number of hydrogen-bond donors (Lipinski definition) is 0. The molecule has 0 radical (unpaired) electrons. The second-order valence-electron chi connectivity index (χ2n) is 16.4. The zero-order valence-electron chi connectivity index (χ0n) is 25.2. The Hall–Kier alpha value is -0.780. The third kappa shape index (κ3) is 4.43. The van der Waals surface area contributed by atoms with E-state index in [-0.39, 0.29) is 0 Å². The van der Waals surface area contributed by atoms with Crippen LogP contribution >= 0.6 is 0 Å². The van der Waals surface area contributed by atoms with Crippen LogP contribution in [0.3, 0.4) is 0 Å². The number of benzene rings is 1. The molecule has 4 aliphatic carbocycles. The topological polar surface area (TPSA) is 0 Å². The van der Waals surface area contributed by atoms with E-state index in [9.17, 15) is 0 Å². The molecule has 202 valence electrons. The lowest BCUT2D eigenvalue weighted by molar-refractivity contribution is 0.000469. The van der Waals surface area contributed by atoms with Gasteiger partial charge in [-0.15, -0.1) is 0 Å². The Morgan fingerprint density at radius 3 is 1.47 bits per heavy atom. The molecular formula is C36H58. The van der Waals surface area contributed by atoms with Gasteiger partial charge in [0.25, 0.3) is 0 Å². The van der Waals surface area contributed by atoms with Crippen LogP contribution in [0.5, 0.6) is 0 Å². The largest absolute Gasteiger partial charge is 0.0622 e. The van der Waals surface area contributed by atoms with E-state index < -0.39 is 0 Å². The van der Waals surface area contributed by atoms with E-state index in [1.54, 1.807) is 5.56 Å². The van der Waals surface area contributed by atoms with Gasteiger partial charge >= 0.3 is 0 Å². The van der Waals surface area contributed by atoms with Crippen molar-refractivity contribution in [2.45, 2.75) is 125 Å². The average Bonchev–Trinajstić information content (AvgIpc) is 3.46. The van der Waals surface area contributed by atoms with Gasteiger partial charge in [-0.05, 0) is 121 Å². The first-order chi connectivity index (χ1) is 17.0. The highest BCUT2D eigenvalue weighted by Gasteiger charge is 2.63. The zero-order valence-corrected chi connectivity index (χ0v) is 25.2. The smallest absolute Gasteiger partial charge is 0.00379 e. The van der Waals surface area contributed by atoms with Gasteiger partial charge in [0.15, 0.2) is 0 Å². The molecule has 7 atom stereocenters. The van der Waals surface area contributed by atoms with Crippen LogP contribution in [0.1, 0.15) is 125 Å². The van der Waals surface area contributed by atoms with Gasteiger partial charge in [0.05, 0.1) is 0 Å². The summed E-state index contributed by atoms with van der Waals surface area (Å²) in [5.41, 5.74) is 2.95. The SMILES string of the molecule is CC(C)[C@](c1ccccc1)(C1CCCC1)C1C2CC(C(C)(C)C)CCC2C2CCC(C(C)(C)C)CC21. The Morgan fingerprint density at radius 1 is 0.583 bits per heavy atom. The lowest BCUT2D eigenvalue weighted by atomic mass is 9.49. The standard InChI is InChI=1S/C36H58/c1-24(2)36(26-16-12-13-17-26,25-14-10-9-11-15-25)33-31-22-27(34(3,4)5)18-20-29(31)30-21-19-28(23-32(30)33)35(6,7)8/h9-11,14-15,24,26-33H,12-13,16-23H2,1-8H3/t27?,28?,29?,30?,31?,32?,33?,36-/m0/s1. The van der Waals surface area contributed by atoms with Crippen molar-refractivity contribution in [2.75, 3.05) is 0 Å². The first-order valence-corrected chi connectivity index (χ1v) is 16.0. The van der Waals surface area contributed by atoms with Gasteiger partial charge in [-0.2, -0.15) is 0 Å². The molecule has 0 heterocycles. The van der Waals surface area contributed by atoms with E-state index in [1.165, 1.54) is 64.2 Å². The van der Waals surface area contributed by atoms with E-state index in [0.29, 0.717) is 22.2 Å². The molecule has 0 aromatic heterocycles. The highest BCUT2D eigenvalue weighted by Crippen LogP contribution is 2.69. The van der Waals surface area contributed by atoms with Crippen molar-refractivity contribution in [3.63, 3.8) is 0 Å². The first kappa shape index (κ1) is 26.8. The zero-order chi connectivity index (χ0) is 25.9. The van der Waals surface area contributed by atoms with E-state index in [1.807, 2.05) is 0 Å². The Kier molecular flexibility index (Phi) is 7.27. The monoisotopic (exact) mass is 490 g/mol. The molecule has 0 aliphatic heterocycles. The lowest BCUT2D eigenvalue weighted by Gasteiger charge is -2.55. The molecule has 0 N–H and O–H groups in total. The summed E-state index contributed by atoms with van der Waals surface area (Å²) in [5.74, 6) is 8.07. The molecule has 4 fully saturated rings. The summed E-state index contributed by atoms with van der Waals surface area (Å²) in [6.45, 7) is 20.5. The Labute approximate surface area is 224 Å². The molecule has 0 heteroatoms. The number of rotatable bonds is 4. The summed E-state index contributed by atoms with van der Waals surface area (Å²) in [5, 5.41) is 0.